The number of carbonyl (C=O) groups is 3. The lowest BCUT2D eigenvalue weighted by Gasteiger charge is -2.13. The lowest BCUT2D eigenvalue weighted by Crippen LogP contribution is -2.41. The largest absolute Gasteiger partial charge is 0.452 e. The van der Waals surface area contributed by atoms with E-state index in [4.69, 9.17) is 4.74 Å². The molecule has 0 bridgehead atoms. The third-order valence-electron chi connectivity index (χ3n) is 3.99. The lowest BCUT2D eigenvalue weighted by molar-refractivity contribution is -0.123. The molecule has 0 aromatic heterocycles. The maximum absolute atomic E-state index is 11.8. The van der Waals surface area contributed by atoms with E-state index >= 15 is 0 Å². The number of rotatable bonds is 6. The Hall–Kier alpha value is -2.63. The van der Waals surface area contributed by atoms with Gasteiger partial charge in [0.1, 0.15) is 0 Å². The number of hydrogen-bond acceptors (Lipinski definition) is 4. The SMILES string of the molecule is Cc1ccc(C(=O)OCC(=O)NC(=O)NCCC2=CCCCC2)cc1. The average Bonchev–Trinajstić information content (AvgIpc) is 2.61. The summed E-state index contributed by atoms with van der Waals surface area (Å²) in [5.41, 5.74) is 2.74. The van der Waals surface area contributed by atoms with Gasteiger partial charge >= 0.3 is 12.0 Å². The predicted molar refractivity (Wildman–Crippen MR) is 94.2 cm³/mol. The quantitative estimate of drug-likeness (QED) is 0.614. The second-order valence-corrected chi connectivity index (χ2v) is 6.10. The zero-order chi connectivity index (χ0) is 18.1. The van der Waals surface area contributed by atoms with Crippen molar-refractivity contribution in [2.24, 2.45) is 0 Å². The molecule has 0 aliphatic heterocycles. The number of imide groups is 1. The van der Waals surface area contributed by atoms with Gasteiger partial charge in [0, 0.05) is 6.54 Å². The van der Waals surface area contributed by atoms with Crippen molar-refractivity contribution in [1.29, 1.82) is 0 Å². The van der Waals surface area contributed by atoms with E-state index < -0.39 is 24.5 Å². The summed E-state index contributed by atoms with van der Waals surface area (Å²) in [5, 5.41) is 4.78. The van der Waals surface area contributed by atoms with Crippen LogP contribution in [0.2, 0.25) is 0 Å². The fraction of sp³-hybridized carbons (Fsp3) is 0.421. The van der Waals surface area contributed by atoms with Gasteiger partial charge < -0.3 is 10.1 Å². The Morgan fingerprint density at radius 3 is 2.56 bits per heavy atom. The second kappa shape index (κ2) is 9.61. The molecule has 25 heavy (non-hydrogen) atoms. The Bertz CT molecular complexity index is 650. The summed E-state index contributed by atoms with van der Waals surface area (Å²) in [6, 6.07) is 6.25. The molecular weight excluding hydrogens is 320 g/mol. The van der Waals surface area contributed by atoms with Crippen LogP contribution in [0.15, 0.2) is 35.9 Å². The summed E-state index contributed by atoms with van der Waals surface area (Å²) in [7, 11) is 0. The highest BCUT2D eigenvalue weighted by Gasteiger charge is 2.12. The van der Waals surface area contributed by atoms with E-state index in [0.717, 1.165) is 24.8 Å². The number of nitrogens with one attached hydrogen (secondary N) is 2. The summed E-state index contributed by atoms with van der Waals surface area (Å²) < 4.78 is 4.89. The van der Waals surface area contributed by atoms with Gasteiger partial charge in [-0.2, -0.15) is 0 Å². The van der Waals surface area contributed by atoms with E-state index in [1.807, 2.05) is 6.92 Å². The molecule has 6 nitrogen and oxygen atoms in total. The minimum Gasteiger partial charge on any atom is -0.452 e. The molecule has 2 rings (SSSR count). The van der Waals surface area contributed by atoms with Gasteiger partial charge in [0.05, 0.1) is 5.56 Å². The summed E-state index contributed by atoms with van der Waals surface area (Å²) in [5.74, 6) is -1.25. The van der Waals surface area contributed by atoms with E-state index in [-0.39, 0.29) is 0 Å². The molecule has 0 heterocycles. The Morgan fingerprint density at radius 1 is 1.12 bits per heavy atom. The first kappa shape index (κ1) is 18.7. The van der Waals surface area contributed by atoms with Crippen LogP contribution in [0.25, 0.3) is 0 Å². The second-order valence-electron chi connectivity index (χ2n) is 6.10. The standard InChI is InChI=1S/C19H24N2O4/c1-14-7-9-16(10-8-14)18(23)25-13-17(22)21-19(24)20-12-11-15-5-3-2-4-6-15/h5,7-10H,2-4,6,11-13H2,1H3,(H2,20,21,22,24). The van der Waals surface area contributed by atoms with E-state index in [1.54, 1.807) is 24.3 Å². The van der Waals surface area contributed by atoms with Crippen LogP contribution < -0.4 is 10.6 Å². The number of esters is 1. The molecule has 1 aromatic carbocycles. The van der Waals surface area contributed by atoms with Gasteiger partial charge in [-0.3, -0.25) is 10.1 Å². The summed E-state index contributed by atoms with van der Waals surface area (Å²) >= 11 is 0. The molecule has 134 valence electrons. The fourth-order valence-corrected chi connectivity index (χ4v) is 2.58. The molecule has 1 aliphatic rings. The van der Waals surface area contributed by atoms with Crippen LogP contribution >= 0.6 is 0 Å². The Kier molecular flexibility index (Phi) is 7.19. The fourth-order valence-electron chi connectivity index (χ4n) is 2.58. The van der Waals surface area contributed by atoms with Gasteiger partial charge in [-0.1, -0.05) is 29.3 Å². The third-order valence-corrected chi connectivity index (χ3v) is 3.99. The number of ether oxygens (including phenoxy) is 1. The normalized spacial score (nSPS) is 13.6. The zero-order valence-corrected chi connectivity index (χ0v) is 14.5. The van der Waals surface area contributed by atoms with Crippen LogP contribution in [-0.2, 0) is 9.53 Å². The van der Waals surface area contributed by atoms with Crippen LogP contribution in [0.5, 0.6) is 0 Å². The maximum Gasteiger partial charge on any atom is 0.338 e. The van der Waals surface area contributed by atoms with Gasteiger partial charge in [-0.15, -0.1) is 0 Å². The highest BCUT2D eigenvalue weighted by molar-refractivity contribution is 5.97. The van der Waals surface area contributed by atoms with Crippen molar-refractivity contribution in [3.05, 3.63) is 47.0 Å². The molecule has 0 unspecified atom stereocenters. The van der Waals surface area contributed by atoms with Gasteiger partial charge in [0.2, 0.25) is 0 Å². The van der Waals surface area contributed by atoms with Gasteiger partial charge in [0.15, 0.2) is 6.61 Å². The average molecular weight is 344 g/mol. The summed E-state index contributed by atoms with van der Waals surface area (Å²) in [6.45, 7) is 1.89. The molecule has 0 saturated heterocycles. The van der Waals surface area contributed by atoms with Crippen molar-refractivity contribution in [3.8, 4) is 0 Å². The topological polar surface area (TPSA) is 84.5 Å². The molecule has 0 atom stereocenters. The molecular formula is C19H24N2O4. The summed E-state index contributed by atoms with van der Waals surface area (Å²) in [4.78, 5) is 35.1. The molecule has 1 aliphatic carbocycles. The van der Waals surface area contributed by atoms with Gasteiger partial charge in [-0.25, -0.2) is 9.59 Å². The summed E-state index contributed by atoms with van der Waals surface area (Å²) in [6.07, 6.45) is 7.63. The van der Waals surface area contributed by atoms with Crippen molar-refractivity contribution in [2.75, 3.05) is 13.2 Å². The van der Waals surface area contributed by atoms with Crippen molar-refractivity contribution >= 4 is 17.9 Å². The molecule has 2 N–H and O–H groups in total. The molecule has 1 aromatic rings. The van der Waals surface area contributed by atoms with E-state index in [1.165, 1.54) is 18.4 Å². The molecule has 0 radical (unpaired) electrons. The Labute approximate surface area is 147 Å². The van der Waals surface area contributed by atoms with Crippen molar-refractivity contribution in [3.63, 3.8) is 0 Å². The highest BCUT2D eigenvalue weighted by atomic mass is 16.5. The number of hydrogen-bond donors (Lipinski definition) is 2. The monoisotopic (exact) mass is 344 g/mol. The number of allylic oxidation sites excluding steroid dienone is 1. The van der Waals surface area contributed by atoms with Crippen molar-refractivity contribution in [2.45, 2.75) is 39.0 Å². The van der Waals surface area contributed by atoms with E-state index in [9.17, 15) is 14.4 Å². The first-order chi connectivity index (χ1) is 12.0. The van der Waals surface area contributed by atoms with Gasteiger partial charge in [0.25, 0.3) is 5.91 Å². The highest BCUT2D eigenvalue weighted by Crippen LogP contribution is 2.19. The number of amides is 3. The minimum atomic E-state index is -0.658. The van der Waals surface area contributed by atoms with Crippen molar-refractivity contribution < 1.29 is 19.1 Å². The minimum absolute atomic E-state index is 0.364. The van der Waals surface area contributed by atoms with Crippen LogP contribution in [-0.4, -0.2) is 31.1 Å². The van der Waals surface area contributed by atoms with Crippen molar-refractivity contribution in [1.82, 2.24) is 10.6 Å². The van der Waals surface area contributed by atoms with Crippen LogP contribution in [0.3, 0.4) is 0 Å². The van der Waals surface area contributed by atoms with Gasteiger partial charge in [-0.05, 0) is 51.2 Å². The Balaban J connectivity index is 1.63. The predicted octanol–water partition coefficient (Wildman–Crippen LogP) is 2.87. The zero-order valence-electron chi connectivity index (χ0n) is 14.5. The first-order valence-electron chi connectivity index (χ1n) is 8.54. The van der Waals surface area contributed by atoms with E-state index in [0.29, 0.717) is 12.1 Å². The molecule has 6 heteroatoms. The number of carbonyl (C=O) groups excluding carboxylic acids is 3. The molecule has 3 amide bonds. The molecule has 0 fully saturated rings. The number of urea groups is 1. The number of aryl methyl sites for hydroxylation is 1. The lowest BCUT2D eigenvalue weighted by atomic mass is 9.97. The van der Waals surface area contributed by atoms with Crippen LogP contribution in [0.1, 0.15) is 48.0 Å². The van der Waals surface area contributed by atoms with Crippen LogP contribution in [0, 0.1) is 6.92 Å². The Morgan fingerprint density at radius 2 is 1.88 bits per heavy atom. The molecule has 0 saturated carbocycles. The molecule has 0 spiro atoms. The third kappa shape index (κ3) is 6.79. The number of benzene rings is 1. The maximum atomic E-state index is 11.8. The van der Waals surface area contributed by atoms with Crippen LogP contribution in [0.4, 0.5) is 4.79 Å². The first-order valence-corrected chi connectivity index (χ1v) is 8.54. The van der Waals surface area contributed by atoms with E-state index in [2.05, 4.69) is 16.7 Å². The smallest absolute Gasteiger partial charge is 0.338 e.